The zero-order valence-corrected chi connectivity index (χ0v) is 11.8. The lowest BCUT2D eigenvalue weighted by Gasteiger charge is -2.15. The van der Waals surface area contributed by atoms with Crippen molar-refractivity contribution in [2.24, 2.45) is 0 Å². The maximum atomic E-state index is 12.1. The van der Waals surface area contributed by atoms with Crippen molar-refractivity contribution in [3.63, 3.8) is 0 Å². The Morgan fingerprint density at radius 3 is 2.42 bits per heavy atom. The molecule has 98 valence electrons. The van der Waals surface area contributed by atoms with Gasteiger partial charge in [0.15, 0.2) is 6.10 Å². The predicted octanol–water partition coefficient (Wildman–Crippen LogP) is 4.64. The van der Waals surface area contributed by atoms with E-state index < -0.39 is 6.10 Å². The first-order valence-electron chi connectivity index (χ1n) is 5.79. The van der Waals surface area contributed by atoms with Crippen LogP contribution >= 0.6 is 23.2 Å². The fourth-order valence-electron chi connectivity index (χ4n) is 1.66. The van der Waals surface area contributed by atoms with Crippen LogP contribution in [0.3, 0.4) is 0 Å². The first-order chi connectivity index (χ1) is 9.09. The molecule has 2 aromatic rings. The Hall–Kier alpha value is -1.51. The third kappa shape index (κ3) is 3.28. The molecule has 0 spiro atoms. The van der Waals surface area contributed by atoms with E-state index in [0.29, 0.717) is 21.4 Å². The van der Waals surface area contributed by atoms with Gasteiger partial charge in [0, 0.05) is 5.56 Å². The highest BCUT2D eigenvalue weighted by Gasteiger charge is 2.18. The van der Waals surface area contributed by atoms with Gasteiger partial charge in [0.05, 0.1) is 5.02 Å². The molecule has 0 saturated heterocycles. The van der Waals surface area contributed by atoms with Crippen molar-refractivity contribution >= 4 is 29.0 Å². The first-order valence-corrected chi connectivity index (χ1v) is 6.55. The molecule has 2 aromatic carbocycles. The summed E-state index contributed by atoms with van der Waals surface area (Å²) in [6.07, 6.45) is -0.627. The summed E-state index contributed by atoms with van der Waals surface area (Å²) in [5.74, 6) is 0.308. The van der Waals surface area contributed by atoms with Crippen molar-refractivity contribution in [2.75, 3.05) is 0 Å². The van der Waals surface area contributed by atoms with Gasteiger partial charge in [-0.15, -0.1) is 0 Å². The maximum absolute atomic E-state index is 12.1. The molecule has 1 atom stereocenters. The number of carbonyl (C=O) groups is 1. The molecule has 4 heteroatoms. The Morgan fingerprint density at radius 1 is 1.05 bits per heavy atom. The summed E-state index contributed by atoms with van der Waals surface area (Å²) >= 11 is 11.9. The van der Waals surface area contributed by atoms with E-state index in [2.05, 4.69) is 0 Å². The second-order valence-electron chi connectivity index (χ2n) is 4.04. The number of ether oxygens (including phenoxy) is 1. The van der Waals surface area contributed by atoms with Gasteiger partial charge in [0.25, 0.3) is 0 Å². The topological polar surface area (TPSA) is 26.3 Å². The molecule has 0 aliphatic rings. The molecule has 0 amide bonds. The minimum atomic E-state index is -0.627. The summed E-state index contributed by atoms with van der Waals surface area (Å²) in [6.45, 7) is 1.69. The van der Waals surface area contributed by atoms with E-state index in [4.69, 9.17) is 27.9 Å². The zero-order chi connectivity index (χ0) is 13.8. The van der Waals surface area contributed by atoms with Crippen LogP contribution < -0.4 is 4.74 Å². The Labute approximate surface area is 121 Å². The molecule has 0 aromatic heterocycles. The summed E-state index contributed by atoms with van der Waals surface area (Å²) in [7, 11) is 0. The molecule has 1 unspecified atom stereocenters. The molecule has 19 heavy (non-hydrogen) atoms. The van der Waals surface area contributed by atoms with E-state index in [1.165, 1.54) is 0 Å². The smallest absolute Gasteiger partial charge is 0.202 e. The first kappa shape index (κ1) is 13.9. The van der Waals surface area contributed by atoms with Crippen LogP contribution in [-0.4, -0.2) is 11.9 Å². The standard InChI is InChI=1S/C15H12Cl2O2/c1-10(15(18)11-6-3-2-4-7-11)19-13-9-5-8-12(16)14(13)17/h2-10H,1H3. The van der Waals surface area contributed by atoms with Gasteiger partial charge in [-0.25, -0.2) is 0 Å². The summed E-state index contributed by atoms with van der Waals surface area (Å²) in [6, 6.07) is 14.1. The lowest BCUT2D eigenvalue weighted by atomic mass is 10.1. The average Bonchev–Trinajstić information content (AvgIpc) is 2.44. The molecule has 0 radical (unpaired) electrons. The number of Topliss-reactive ketones (excluding diaryl/α,β-unsaturated/α-hetero) is 1. The predicted molar refractivity (Wildman–Crippen MR) is 77.3 cm³/mol. The summed E-state index contributed by atoms with van der Waals surface area (Å²) in [5.41, 5.74) is 0.605. The minimum absolute atomic E-state index is 0.100. The highest BCUT2D eigenvalue weighted by atomic mass is 35.5. The summed E-state index contributed by atoms with van der Waals surface area (Å²) in [4.78, 5) is 12.1. The Balaban J connectivity index is 2.15. The van der Waals surface area contributed by atoms with Crippen LogP contribution in [0.5, 0.6) is 5.75 Å². The second kappa shape index (κ2) is 6.09. The zero-order valence-electron chi connectivity index (χ0n) is 10.3. The number of hydrogen-bond donors (Lipinski definition) is 0. The summed E-state index contributed by atoms with van der Waals surface area (Å²) in [5, 5.41) is 0.718. The second-order valence-corrected chi connectivity index (χ2v) is 4.83. The van der Waals surface area contributed by atoms with Gasteiger partial charge in [-0.2, -0.15) is 0 Å². The molecule has 2 rings (SSSR count). The molecule has 0 fully saturated rings. The van der Waals surface area contributed by atoms with Gasteiger partial charge in [-0.05, 0) is 19.1 Å². The quantitative estimate of drug-likeness (QED) is 0.768. The number of hydrogen-bond acceptors (Lipinski definition) is 2. The lowest BCUT2D eigenvalue weighted by molar-refractivity contribution is 0.0818. The molecular formula is C15H12Cl2O2. The highest BCUT2D eigenvalue weighted by Crippen LogP contribution is 2.32. The number of halogens is 2. The molecule has 0 N–H and O–H groups in total. The molecule has 0 aliphatic heterocycles. The van der Waals surface area contributed by atoms with Crippen LogP contribution in [0.4, 0.5) is 0 Å². The Morgan fingerprint density at radius 2 is 1.74 bits per heavy atom. The van der Waals surface area contributed by atoms with Gasteiger partial charge in [-0.3, -0.25) is 4.79 Å². The monoisotopic (exact) mass is 294 g/mol. The number of benzene rings is 2. The third-order valence-corrected chi connectivity index (χ3v) is 3.45. The molecule has 0 bridgehead atoms. The Bertz CT molecular complexity index is 582. The van der Waals surface area contributed by atoms with Crippen LogP contribution in [0.2, 0.25) is 10.0 Å². The van der Waals surface area contributed by atoms with Gasteiger partial charge in [0.1, 0.15) is 10.8 Å². The van der Waals surface area contributed by atoms with Crippen molar-refractivity contribution < 1.29 is 9.53 Å². The minimum Gasteiger partial charge on any atom is -0.481 e. The van der Waals surface area contributed by atoms with Crippen LogP contribution in [0, 0.1) is 0 Å². The van der Waals surface area contributed by atoms with Gasteiger partial charge >= 0.3 is 0 Å². The van der Waals surface area contributed by atoms with Crippen LogP contribution in [0.1, 0.15) is 17.3 Å². The van der Waals surface area contributed by atoms with Gasteiger partial charge in [-0.1, -0.05) is 59.6 Å². The SMILES string of the molecule is CC(Oc1cccc(Cl)c1Cl)C(=O)c1ccccc1. The normalized spacial score (nSPS) is 11.9. The van der Waals surface area contributed by atoms with E-state index in [9.17, 15) is 4.79 Å². The van der Waals surface area contributed by atoms with Crippen LogP contribution in [-0.2, 0) is 0 Å². The molecular weight excluding hydrogens is 283 g/mol. The average molecular weight is 295 g/mol. The van der Waals surface area contributed by atoms with E-state index >= 15 is 0 Å². The van der Waals surface area contributed by atoms with Crippen molar-refractivity contribution in [3.8, 4) is 5.75 Å². The summed E-state index contributed by atoms with van der Waals surface area (Å²) < 4.78 is 5.58. The Kier molecular flexibility index (Phi) is 4.46. The lowest BCUT2D eigenvalue weighted by Crippen LogP contribution is -2.23. The largest absolute Gasteiger partial charge is 0.481 e. The van der Waals surface area contributed by atoms with E-state index in [1.54, 1.807) is 37.3 Å². The maximum Gasteiger partial charge on any atom is 0.202 e. The molecule has 2 nitrogen and oxygen atoms in total. The van der Waals surface area contributed by atoms with Crippen molar-refractivity contribution in [1.82, 2.24) is 0 Å². The fraction of sp³-hybridized carbons (Fsp3) is 0.133. The van der Waals surface area contributed by atoms with Crippen LogP contribution in [0.15, 0.2) is 48.5 Å². The van der Waals surface area contributed by atoms with E-state index in [0.717, 1.165) is 0 Å². The van der Waals surface area contributed by atoms with Crippen molar-refractivity contribution in [1.29, 1.82) is 0 Å². The van der Waals surface area contributed by atoms with Crippen molar-refractivity contribution in [2.45, 2.75) is 13.0 Å². The van der Waals surface area contributed by atoms with E-state index in [1.807, 2.05) is 18.2 Å². The molecule has 0 aliphatic carbocycles. The number of rotatable bonds is 4. The van der Waals surface area contributed by atoms with E-state index in [-0.39, 0.29) is 5.78 Å². The molecule has 0 heterocycles. The van der Waals surface area contributed by atoms with Crippen LogP contribution in [0.25, 0.3) is 0 Å². The number of carbonyl (C=O) groups excluding carboxylic acids is 1. The van der Waals surface area contributed by atoms with Gasteiger partial charge < -0.3 is 4.74 Å². The van der Waals surface area contributed by atoms with Gasteiger partial charge in [0.2, 0.25) is 5.78 Å². The number of ketones is 1. The van der Waals surface area contributed by atoms with Crippen molar-refractivity contribution in [3.05, 3.63) is 64.1 Å². The molecule has 0 saturated carbocycles. The fourth-order valence-corrected chi connectivity index (χ4v) is 1.99. The third-order valence-electron chi connectivity index (χ3n) is 2.65. The highest BCUT2D eigenvalue weighted by molar-refractivity contribution is 6.42.